The Bertz CT molecular complexity index is 495. The molecule has 5 heteroatoms. The van der Waals surface area contributed by atoms with Crippen LogP contribution in [0.4, 0.5) is 0 Å². The van der Waals surface area contributed by atoms with Crippen LogP contribution in [0.3, 0.4) is 0 Å². The molecular weight excluding hydrogens is 214 g/mol. The van der Waals surface area contributed by atoms with Gasteiger partial charge in [0.15, 0.2) is 5.65 Å². The van der Waals surface area contributed by atoms with Crippen LogP contribution in [0.15, 0.2) is 18.6 Å². The molecule has 1 fully saturated rings. The summed E-state index contributed by atoms with van der Waals surface area (Å²) in [5, 5.41) is 19.7. The standard InChI is InChI=1S/C6H3N5.C6H12/c7-2-5-1-6-10-8-4-11(6)9-3-5;1-2-4-6-5-3-1/h1,3-4H;1-6H2. The third-order valence-corrected chi connectivity index (χ3v) is 2.79. The monoisotopic (exact) mass is 229 g/mol. The van der Waals surface area contributed by atoms with E-state index >= 15 is 0 Å². The Morgan fingerprint density at radius 1 is 1.12 bits per heavy atom. The molecule has 1 saturated carbocycles. The maximum absolute atomic E-state index is 8.49. The second-order valence-corrected chi connectivity index (χ2v) is 4.11. The van der Waals surface area contributed by atoms with Crippen LogP contribution in [-0.2, 0) is 0 Å². The van der Waals surface area contributed by atoms with E-state index in [4.69, 9.17) is 5.26 Å². The van der Waals surface area contributed by atoms with Gasteiger partial charge in [-0.2, -0.15) is 10.4 Å². The molecular formula is C12H15N5. The van der Waals surface area contributed by atoms with Gasteiger partial charge in [-0.1, -0.05) is 38.5 Å². The van der Waals surface area contributed by atoms with Crippen molar-refractivity contribution in [2.24, 2.45) is 0 Å². The number of fused-ring (bicyclic) bond motifs is 1. The molecule has 3 rings (SSSR count). The zero-order valence-corrected chi connectivity index (χ0v) is 9.71. The highest BCUT2D eigenvalue weighted by Crippen LogP contribution is 2.15. The van der Waals surface area contributed by atoms with E-state index < -0.39 is 0 Å². The SMILES string of the molecule is C1CCCCC1.N#Cc1cnn2cnnc2c1. The molecule has 1 aliphatic rings. The molecule has 0 atom stereocenters. The van der Waals surface area contributed by atoms with E-state index in [0.29, 0.717) is 11.2 Å². The summed E-state index contributed by atoms with van der Waals surface area (Å²) in [5.74, 6) is 0. The van der Waals surface area contributed by atoms with E-state index in [1.54, 1.807) is 6.07 Å². The Kier molecular flexibility index (Phi) is 4.03. The number of rotatable bonds is 0. The van der Waals surface area contributed by atoms with Gasteiger partial charge in [0.05, 0.1) is 11.8 Å². The van der Waals surface area contributed by atoms with Crippen molar-refractivity contribution in [1.82, 2.24) is 19.8 Å². The van der Waals surface area contributed by atoms with Gasteiger partial charge in [-0.25, -0.2) is 4.52 Å². The van der Waals surface area contributed by atoms with E-state index in [1.807, 2.05) is 6.07 Å². The molecule has 1 aliphatic carbocycles. The van der Waals surface area contributed by atoms with Crippen molar-refractivity contribution in [3.63, 3.8) is 0 Å². The smallest absolute Gasteiger partial charge is 0.178 e. The van der Waals surface area contributed by atoms with Crippen molar-refractivity contribution in [1.29, 1.82) is 5.26 Å². The molecule has 0 radical (unpaired) electrons. The lowest BCUT2D eigenvalue weighted by Gasteiger charge is -2.05. The van der Waals surface area contributed by atoms with Crippen LogP contribution >= 0.6 is 0 Å². The minimum Gasteiger partial charge on any atom is -0.200 e. The van der Waals surface area contributed by atoms with E-state index in [1.165, 1.54) is 55.6 Å². The van der Waals surface area contributed by atoms with Gasteiger partial charge in [0.2, 0.25) is 0 Å². The summed E-state index contributed by atoms with van der Waals surface area (Å²) < 4.78 is 1.50. The predicted molar refractivity (Wildman–Crippen MR) is 63.2 cm³/mol. The van der Waals surface area contributed by atoms with Crippen LogP contribution in [0.2, 0.25) is 0 Å². The van der Waals surface area contributed by atoms with Crippen molar-refractivity contribution >= 4 is 5.65 Å². The van der Waals surface area contributed by atoms with Gasteiger partial charge in [0.25, 0.3) is 0 Å². The number of nitrogens with zero attached hydrogens (tertiary/aromatic N) is 5. The zero-order valence-electron chi connectivity index (χ0n) is 9.71. The van der Waals surface area contributed by atoms with Crippen LogP contribution < -0.4 is 0 Å². The average molecular weight is 229 g/mol. The molecule has 2 aromatic rings. The maximum Gasteiger partial charge on any atom is 0.178 e. The Labute approximate surface area is 100 Å². The van der Waals surface area contributed by atoms with Crippen LogP contribution in [0, 0.1) is 11.3 Å². The highest BCUT2D eigenvalue weighted by atomic mass is 15.3. The molecule has 2 aromatic heterocycles. The summed E-state index contributed by atoms with van der Waals surface area (Å²) in [4.78, 5) is 0. The molecule has 0 aliphatic heterocycles. The average Bonchev–Trinajstić information content (AvgIpc) is 2.88. The summed E-state index contributed by atoms with van der Waals surface area (Å²) >= 11 is 0. The van der Waals surface area contributed by atoms with Crippen molar-refractivity contribution in [2.75, 3.05) is 0 Å². The lowest BCUT2D eigenvalue weighted by atomic mass is 10.0. The summed E-state index contributed by atoms with van der Waals surface area (Å²) in [5.41, 5.74) is 1.08. The summed E-state index contributed by atoms with van der Waals surface area (Å²) in [6, 6.07) is 3.59. The van der Waals surface area contributed by atoms with E-state index in [-0.39, 0.29) is 0 Å². The fourth-order valence-electron chi connectivity index (χ4n) is 1.85. The molecule has 0 N–H and O–H groups in total. The molecule has 17 heavy (non-hydrogen) atoms. The Morgan fingerprint density at radius 3 is 2.35 bits per heavy atom. The predicted octanol–water partition coefficient (Wildman–Crippen LogP) is 2.34. The quantitative estimate of drug-likeness (QED) is 0.695. The third-order valence-electron chi connectivity index (χ3n) is 2.79. The molecule has 0 saturated heterocycles. The van der Waals surface area contributed by atoms with Crippen molar-refractivity contribution in [3.05, 3.63) is 24.2 Å². The Morgan fingerprint density at radius 2 is 1.76 bits per heavy atom. The largest absolute Gasteiger partial charge is 0.200 e. The fraction of sp³-hybridized carbons (Fsp3) is 0.500. The molecule has 88 valence electrons. The van der Waals surface area contributed by atoms with E-state index in [2.05, 4.69) is 15.3 Å². The van der Waals surface area contributed by atoms with Gasteiger partial charge in [0.1, 0.15) is 12.4 Å². The highest BCUT2D eigenvalue weighted by Gasteiger charge is 1.96. The number of nitriles is 1. The molecule has 0 bridgehead atoms. The van der Waals surface area contributed by atoms with E-state index in [0.717, 1.165) is 0 Å². The Balaban J connectivity index is 0.000000153. The summed E-state index contributed by atoms with van der Waals surface area (Å²) in [6.45, 7) is 0. The lowest BCUT2D eigenvalue weighted by molar-refractivity contribution is 0.504. The number of hydrogen-bond donors (Lipinski definition) is 0. The molecule has 0 spiro atoms. The van der Waals surface area contributed by atoms with Gasteiger partial charge < -0.3 is 0 Å². The van der Waals surface area contributed by atoms with Crippen molar-refractivity contribution < 1.29 is 0 Å². The molecule has 2 heterocycles. The number of aromatic nitrogens is 4. The summed E-state index contributed by atoms with van der Waals surface area (Å²) in [7, 11) is 0. The molecule has 0 amide bonds. The van der Waals surface area contributed by atoms with Crippen molar-refractivity contribution in [2.45, 2.75) is 38.5 Å². The second kappa shape index (κ2) is 5.94. The van der Waals surface area contributed by atoms with Gasteiger partial charge in [0, 0.05) is 6.07 Å². The Hall–Kier alpha value is -1.96. The van der Waals surface area contributed by atoms with Crippen LogP contribution in [0.25, 0.3) is 5.65 Å². The molecule has 0 unspecified atom stereocenters. The maximum atomic E-state index is 8.49. The van der Waals surface area contributed by atoms with Gasteiger partial charge in [-0.15, -0.1) is 10.2 Å². The minimum absolute atomic E-state index is 0.491. The topological polar surface area (TPSA) is 66.9 Å². The molecule has 0 aromatic carbocycles. The zero-order chi connectivity index (χ0) is 11.9. The first-order valence-electron chi connectivity index (χ1n) is 5.96. The van der Waals surface area contributed by atoms with Crippen LogP contribution in [0.1, 0.15) is 44.1 Å². The molecule has 5 nitrogen and oxygen atoms in total. The normalized spacial score (nSPS) is 14.8. The minimum atomic E-state index is 0.491. The first-order chi connectivity index (χ1) is 8.40. The van der Waals surface area contributed by atoms with Crippen molar-refractivity contribution in [3.8, 4) is 6.07 Å². The first-order valence-corrected chi connectivity index (χ1v) is 5.96. The lowest BCUT2D eigenvalue weighted by Crippen LogP contribution is -1.89. The van der Waals surface area contributed by atoms with Gasteiger partial charge in [-0.3, -0.25) is 0 Å². The second-order valence-electron chi connectivity index (χ2n) is 4.11. The fourth-order valence-corrected chi connectivity index (χ4v) is 1.85. The van der Waals surface area contributed by atoms with Gasteiger partial charge >= 0.3 is 0 Å². The third kappa shape index (κ3) is 3.25. The highest BCUT2D eigenvalue weighted by molar-refractivity contribution is 5.41. The number of hydrogen-bond acceptors (Lipinski definition) is 4. The summed E-state index contributed by atoms with van der Waals surface area (Å²) in [6.07, 6.45) is 12.0. The van der Waals surface area contributed by atoms with Crippen LogP contribution in [0.5, 0.6) is 0 Å². The van der Waals surface area contributed by atoms with Gasteiger partial charge in [-0.05, 0) is 0 Å². The van der Waals surface area contributed by atoms with Crippen LogP contribution in [-0.4, -0.2) is 19.8 Å². The first kappa shape index (κ1) is 11.5. The van der Waals surface area contributed by atoms with E-state index in [9.17, 15) is 0 Å².